The monoisotopic (exact) mass is 295 g/mol. The molecule has 2 aliphatic rings. The van der Waals surface area contributed by atoms with Crippen molar-refractivity contribution in [1.82, 2.24) is 5.32 Å². The molecule has 0 bridgehead atoms. The van der Waals surface area contributed by atoms with Crippen LogP contribution in [0.1, 0.15) is 90.4 Å². The van der Waals surface area contributed by atoms with Crippen LogP contribution in [0.4, 0.5) is 0 Å². The van der Waals surface area contributed by atoms with Crippen molar-refractivity contribution in [2.24, 2.45) is 5.92 Å². The Kier molecular flexibility index (Phi) is 8.73. The Hall–Kier alpha value is -0.0800. The second kappa shape index (κ2) is 10.6. The van der Waals surface area contributed by atoms with Gasteiger partial charge < -0.3 is 10.1 Å². The van der Waals surface area contributed by atoms with Crippen LogP contribution < -0.4 is 5.32 Å². The first-order chi connectivity index (χ1) is 10.4. The highest BCUT2D eigenvalue weighted by Crippen LogP contribution is 2.28. The van der Waals surface area contributed by atoms with Gasteiger partial charge in [0, 0.05) is 12.6 Å². The SMILES string of the molecule is CCCNC(CCCC1CCCO1)CC1CCCCCC1. The highest BCUT2D eigenvalue weighted by atomic mass is 16.5. The second-order valence-electron chi connectivity index (χ2n) is 7.31. The number of hydrogen-bond donors (Lipinski definition) is 1. The van der Waals surface area contributed by atoms with Gasteiger partial charge in [-0.2, -0.15) is 0 Å². The Morgan fingerprint density at radius 3 is 2.52 bits per heavy atom. The van der Waals surface area contributed by atoms with E-state index in [0.717, 1.165) is 18.6 Å². The summed E-state index contributed by atoms with van der Waals surface area (Å²) >= 11 is 0. The smallest absolute Gasteiger partial charge is 0.0576 e. The van der Waals surface area contributed by atoms with Gasteiger partial charge in [0.05, 0.1) is 6.10 Å². The number of ether oxygens (including phenoxy) is 1. The van der Waals surface area contributed by atoms with Gasteiger partial charge in [-0.25, -0.2) is 0 Å². The first-order valence-corrected chi connectivity index (χ1v) is 9.73. The average Bonchev–Trinajstić information content (AvgIpc) is 2.88. The first kappa shape index (κ1) is 17.3. The van der Waals surface area contributed by atoms with Gasteiger partial charge in [0.2, 0.25) is 0 Å². The van der Waals surface area contributed by atoms with Crippen LogP contribution in [0.3, 0.4) is 0 Å². The Bertz CT molecular complexity index is 242. The molecule has 0 aromatic rings. The third-order valence-electron chi connectivity index (χ3n) is 5.38. The number of nitrogens with one attached hydrogen (secondary N) is 1. The van der Waals surface area contributed by atoms with E-state index in [0.29, 0.717) is 6.10 Å². The van der Waals surface area contributed by atoms with Crippen molar-refractivity contribution >= 4 is 0 Å². The van der Waals surface area contributed by atoms with Gasteiger partial charge in [-0.1, -0.05) is 45.4 Å². The quantitative estimate of drug-likeness (QED) is 0.600. The summed E-state index contributed by atoms with van der Waals surface area (Å²) in [5.74, 6) is 0.990. The number of rotatable bonds is 9. The normalized spacial score (nSPS) is 25.9. The number of hydrogen-bond acceptors (Lipinski definition) is 2. The molecule has 0 radical (unpaired) electrons. The molecule has 2 unspecified atom stereocenters. The van der Waals surface area contributed by atoms with E-state index in [1.54, 1.807) is 0 Å². The van der Waals surface area contributed by atoms with E-state index in [1.165, 1.54) is 90.0 Å². The largest absolute Gasteiger partial charge is 0.378 e. The molecule has 1 heterocycles. The van der Waals surface area contributed by atoms with Crippen LogP contribution in [0.25, 0.3) is 0 Å². The van der Waals surface area contributed by atoms with Gasteiger partial charge in [-0.15, -0.1) is 0 Å². The zero-order chi connectivity index (χ0) is 14.8. The first-order valence-electron chi connectivity index (χ1n) is 9.73. The van der Waals surface area contributed by atoms with Crippen molar-refractivity contribution in [2.45, 2.75) is 103 Å². The summed E-state index contributed by atoms with van der Waals surface area (Å²) < 4.78 is 5.76. The zero-order valence-electron chi connectivity index (χ0n) is 14.2. The predicted octanol–water partition coefficient (Wildman–Crippen LogP) is 5.06. The Morgan fingerprint density at radius 1 is 1.05 bits per heavy atom. The van der Waals surface area contributed by atoms with Crippen molar-refractivity contribution in [3.63, 3.8) is 0 Å². The molecule has 2 fully saturated rings. The van der Waals surface area contributed by atoms with E-state index >= 15 is 0 Å². The van der Waals surface area contributed by atoms with Crippen LogP contribution in [-0.2, 0) is 4.74 Å². The molecule has 0 spiro atoms. The van der Waals surface area contributed by atoms with Crippen molar-refractivity contribution in [1.29, 1.82) is 0 Å². The Labute approximate surface area is 132 Å². The fourth-order valence-corrected chi connectivity index (χ4v) is 4.12. The summed E-state index contributed by atoms with van der Waals surface area (Å²) in [6.45, 7) is 4.48. The minimum absolute atomic E-state index is 0.578. The molecule has 2 heteroatoms. The summed E-state index contributed by atoms with van der Waals surface area (Å²) in [5.41, 5.74) is 0. The summed E-state index contributed by atoms with van der Waals surface area (Å²) in [7, 11) is 0. The van der Waals surface area contributed by atoms with Crippen molar-refractivity contribution in [3.05, 3.63) is 0 Å². The molecule has 21 heavy (non-hydrogen) atoms. The summed E-state index contributed by atoms with van der Waals surface area (Å²) in [5, 5.41) is 3.82. The lowest BCUT2D eigenvalue weighted by molar-refractivity contribution is 0.101. The Balaban J connectivity index is 1.67. The fraction of sp³-hybridized carbons (Fsp3) is 1.00. The molecule has 2 rings (SSSR count). The minimum atomic E-state index is 0.578. The molecule has 124 valence electrons. The molecule has 2 atom stereocenters. The van der Waals surface area contributed by atoms with Crippen molar-refractivity contribution in [2.75, 3.05) is 13.2 Å². The minimum Gasteiger partial charge on any atom is -0.378 e. The molecule has 1 saturated heterocycles. The van der Waals surface area contributed by atoms with Crippen LogP contribution in [0.2, 0.25) is 0 Å². The molecule has 0 amide bonds. The lowest BCUT2D eigenvalue weighted by Crippen LogP contribution is -2.32. The summed E-state index contributed by atoms with van der Waals surface area (Å²) in [6, 6.07) is 0.759. The van der Waals surface area contributed by atoms with Gasteiger partial charge >= 0.3 is 0 Å². The molecule has 2 nitrogen and oxygen atoms in total. The summed E-state index contributed by atoms with van der Waals surface area (Å²) in [6.07, 6.45) is 18.7. The van der Waals surface area contributed by atoms with E-state index in [1.807, 2.05) is 0 Å². The van der Waals surface area contributed by atoms with E-state index in [2.05, 4.69) is 12.2 Å². The fourth-order valence-electron chi connectivity index (χ4n) is 4.12. The van der Waals surface area contributed by atoms with Crippen LogP contribution in [0.15, 0.2) is 0 Å². The van der Waals surface area contributed by atoms with Crippen LogP contribution in [-0.4, -0.2) is 25.3 Å². The maximum absolute atomic E-state index is 5.76. The molecule has 1 N–H and O–H groups in total. The van der Waals surface area contributed by atoms with E-state index in [4.69, 9.17) is 4.74 Å². The van der Waals surface area contributed by atoms with Gasteiger partial charge in [-0.3, -0.25) is 0 Å². The molecule has 1 saturated carbocycles. The molecule has 0 aromatic carbocycles. The topological polar surface area (TPSA) is 21.3 Å². The highest BCUT2D eigenvalue weighted by molar-refractivity contribution is 4.75. The molecular formula is C19H37NO. The van der Waals surface area contributed by atoms with Crippen molar-refractivity contribution < 1.29 is 4.74 Å². The molecule has 1 aliphatic carbocycles. The van der Waals surface area contributed by atoms with E-state index in [9.17, 15) is 0 Å². The molecule has 1 aliphatic heterocycles. The van der Waals surface area contributed by atoms with E-state index < -0.39 is 0 Å². The van der Waals surface area contributed by atoms with E-state index in [-0.39, 0.29) is 0 Å². The van der Waals surface area contributed by atoms with Crippen LogP contribution in [0, 0.1) is 5.92 Å². The van der Waals surface area contributed by atoms with Crippen molar-refractivity contribution in [3.8, 4) is 0 Å². The van der Waals surface area contributed by atoms with Crippen LogP contribution in [0.5, 0.6) is 0 Å². The zero-order valence-corrected chi connectivity index (χ0v) is 14.2. The summed E-state index contributed by atoms with van der Waals surface area (Å²) in [4.78, 5) is 0. The van der Waals surface area contributed by atoms with Gasteiger partial charge in [0.15, 0.2) is 0 Å². The third-order valence-corrected chi connectivity index (χ3v) is 5.38. The standard InChI is InChI=1S/C19H37NO/c1-2-14-20-18(11-7-12-19-13-8-15-21-19)16-17-9-5-3-4-6-10-17/h17-20H,2-16H2,1H3. The van der Waals surface area contributed by atoms with Gasteiger partial charge in [0.25, 0.3) is 0 Å². The highest BCUT2D eigenvalue weighted by Gasteiger charge is 2.19. The van der Waals surface area contributed by atoms with Gasteiger partial charge in [-0.05, 0) is 57.4 Å². The lowest BCUT2D eigenvalue weighted by Gasteiger charge is -2.24. The molecular weight excluding hydrogens is 258 g/mol. The maximum atomic E-state index is 5.76. The lowest BCUT2D eigenvalue weighted by atomic mass is 9.90. The molecule has 0 aromatic heterocycles. The Morgan fingerprint density at radius 2 is 1.86 bits per heavy atom. The van der Waals surface area contributed by atoms with Gasteiger partial charge in [0.1, 0.15) is 0 Å². The van der Waals surface area contributed by atoms with Crippen LogP contribution >= 0.6 is 0 Å². The third kappa shape index (κ3) is 7.15. The second-order valence-corrected chi connectivity index (χ2v) is 7.31. The average molecular weight is 296 g/mol. The predicted molar refractivity (Wildman–Crippen MR) is 90.7 cm³/mol. The maximum Gasteiger partial charge on any atom is 0.0576 e.